The van der Waals surface area contributed by atoms with Crippen LogP contribution < -0.4 is 5.32 Å². The number of nitrogens with zero attached hydrogens (tertiary/aromatic N) is 2. The summed E-state index contributed by atoms with van der Waals surface area (Å²) in [6.07, 6.45) is 4.48. The molecule has 0 radical (unpaired) electrons. The van der Waals surface area contributed by atoms with Crippen LogP contribution in [-0.4, -0.2) is 62.3 Å². The predicted octanol–water partition coefficient (Wildman–Crippen LogP) is 1.97. The molecule has 1 saturated heterocycles. The van der Waals surface area contributed by atoms with Crippen LogP contribution in [0.4, 0.5) is 8.78 Å². The molecule has 1 N–H and O–H groups in total. The van der Waals surface area contributed by atoms with Crippen LogP contribution in [-0.2, 0) is 14.8 Å². The lowest BCUT2D eigenvalue weighted by Gasteiger charge is -2.34. The lowest BCUT2D eigenvalue weighted by atomic mass is 9.86. The van der Waals surface area contributed by atoms with E-state index in [0.717, 1.165) is 31.4 Å². The molecule has 1 heterocycles. The van der Waals surface area contributed by atoms with E-state index in [1.807, 2.05) is 4.90 Å². The minimum atomic E-state index is -3.88. The molecule has 1 amide bonds. The van der Waals surface area contributed by atoms with Crippen LogP contribution >= 0.6 is 0 Å². The molecule has 6 nitrogen and oxygen atoms in total. The highest BCUT2D eigenvalue weighted by molar-refractivity contribution is 7.89. The van der Waals surface area contributed by atoms with E-state index >= 15 is 0 Å². The van der Waals surface area contributed by atoms with Gasteiger partial charge in [-0.2, -0.15) is 4.31 Å². The first-order valence-electron chi connectivity index (χ1n) is 9.74. The second-order valence-corrected chi connectivity index (χ2v) is 9.63. The highest BCUT2D eigenvalue weighted by Gasteiger charge is 2.30. The van der Waals surface area contributed by atoms with Gasteiger partial charge in [0, 0.05) is 32.2 Å². The zero-order valence-corrected chi connectivity index (χ0v) is 16.9. The van der Waals surface area contributed by atoms with Gasteiger partial charge in [0.05, 0.1) is 11.4 Å². The van der Waals surface area contributed by atoms with E-state index in [1.54, 1.807) is 0 Å². The fourth-order valence-corrected chi connectivity index (χ4v) is 5.34. The topological polar surface area (TPSA) is 69.7 Å². The molecule has 0 aromatic heterocycles. The molecule has 2 fully saturated rings. The van der Waals surface area contributed by atoms with E-state index in [9.17, 15) is 22.0 Å². The van der Waals surface area contributed by atoms with Gasteiger partial charge in [-0.3, -0.25) is 9.69 Å². The summed E-state index contributed by atoms with van der Waals surface area (Å²) in [4.78, 5) is 14.0. The summed E-state index contributed by atoms with van der Waals surface area (Å²) in [5, 5.41) is 3.11. The van der Waals surface area contributed by atoms with Crippen LogP contribution in [0, 0.1) is 17.6 Å². The number of hydrogen-bond acceptors (Lipinski definition) is 4. The van der Waals surface area contributed by atoms with Gasteiger partial charge in [0.15, 0.2) is 11.6 Å². The molecule has 1 aromatic carbocycles. The van der Waals surface area contributed by atoms with Crippen LogP contribution in [0.2, 0.25) is 0 Å². The maximum Gasteiger partial charge on any atom is 0.243 e. The number of nitrogens with one attached hydrogen (secondary N) is 1. The van der Waals surface area contributed by atoms with E-state index in [4.69, 9.17) is 0 Å². The van der Waals surface area contributed by atoms with Crippen molar-refractivity contribution in [2.45, 2.75) is 43.5 Å². The Balaban J connectivity index is 1.52. The molecule has 2 aliphatic rings. The van der Waals surface area contributed by atoms with Gasteiger partial charge in [-0.05, 0) is 37.0 Å². The van der Waals surface area contributed by atoms with Crippen molar-refractivity contribution in [3.63, 3.8) is 0 Å². The first kappa shape index (κ1) is 21.1. The molecule has 156 valence electrons. The van der Waals surface area contributed by atoms with Gasteiger partial charge >= 0.3 is 0 Å². The number of sulfonamides is 1. The van der Waals surface area contributed by atoms with Gasteiger partial charge in [0.1, 0.15) is 0 Å². The number of halogens is 2. The zero-order valence-electron chi connectivity index (χ0n) is 16.0. The second kappa shape index (κ2) is 8.84. The van der Waals surface area contributed by atoms with E-state index in [-0.39, 0.29) is 36.5 Å². The quantitative estimate of drug-likeness (QED) is 0.798. The maximum atomic E-state index is 13.4. The third-order valence-electron chi connectivity index (χ3n) is 5.69. The molecule has 1 saturated carbocycles. The average Bonchev–Trinajstić information content (AvgIpc) is 2.66. The van der Waals surface area contributed by atoms with Gasteiger partial charge in [-0.1, -0.05) is 19.8 Å². The summed E-state index contributed by atoms with van der Waals surface area (Å²) in [6.45, 7) is 3.63. The normalized spacial score (nSPS) is 24.8. The number of hydrogen-bond donors (Lipinski definition) is 1. The standard InChI is InChI=1S/C19H27F2N3O3S/c1-14-4-2-3-5-18(14)22-19(25)13-23-8-10-24(11-9-23)28(26,27)15-6-7-16(20)17(21)12-15/h6-7,12,14,18H,2-5,8-11,13H2,1H3,(H,22,25)/t14-,18+/m1/s1. The van der Waals surface area contributed by atoms with Crippen molar-refractivity contribution in [2.24, 2.45) is 5.92 Å². The Morgan fingerprint density at radius 2 is 1.79 bits per heavy atom. The number of piperazine rings is 1. The number of rotatable bonds is 5. The van der Waals surface area contributed by atoms with Crippen molar-refractivity contribution in [1.82, 2.24) is 14.5 Å². The molecule has 0 unspecified atom stereocenters. The van der Waals surface area contributed by atoms with Crippen molar-refractivity contribution in [1.29, 1.82) is 0 Å². The van der Waals surface area contributed by atoms with Crippen LogP contribution in [0.1, 0.15) is 32.6 Å². The Labute approximate surface area is 164 Å². The van der Waals surface area contributed by atoms with E-state index in [1.165, 1.54) is 10.7 Å². The SMILES string of the molecule is C[C@@H]1CCCC[C@@H]1NC(=O)CN1CCN(S(=O)(=O)c2ccc(F)c(F)c2)CC1. The summed E-state index contributed by atoms with van der Waals surface area (Å²) in [5.41, 5.74) is 0. The molecule has 0 bridgehead atoms. The molecule has 1 aliphatic carbocycles. The maximum absolute atomic E-state index is 13.4. The van der Waals surface area contributed by atoms with Gasteiger partial charge < -0.3 is 5.32 Å². The van der Waals surface area contributed by atoms with Gasteiger partial charge in [-0.25, -0.2) is 17.2 Å². The summed E-state index contributed by atoms with van der Waals surface area (Å²) < 4.78 is 52.9. The van der Waals surface area contributed by atoms with Gasteiger partial charge in [0.2, 0.25) is 15.9 Å². The minimum Gasteiger partial charge on any atom is -0.352 e. The van der Waals surface area contributed by atoms with Crippen LogP contribution in [0.25, 0.3) is 0 Å². The molecule has 1 aliphatic heterocycles. The molecule has 9 heteroatoms. The van der Waals surface area contributed by atoms with Gasteiger partial charge in [0.25, 0.3) is 0 Å². The third-order valence-corrected chi connectivity index (χ3v) is 7.58. The fraction of sp³-hybridized carbons (Fsp3) is 0.632. The Kier molecular flexibility index (Phi) is 6.67. The molecular formula is C19H27F2N3O3S. The molecule has 0 spiro atoms. The largest absolute Gasteiger partial charge is 0.352 e. The monoisotopic (exact) mass is 415 g/mol. The molecule has 2 atom stereocenters. The number of amides is 1. The molecule has 3 rings (SSSR count). The lowest BCUT2D eigenvalue weighted by Crippen LogP contribution is -2.52. The van der Waals surface area contributed by atoms with Crippen molar-refractivity contribution in [2.75, 3.05) is 32.7 Å². The van der Waals surface area contributed by atoms with E-state index in [2.05, 4.69) is 12.2 Å². The number of benzene rings is 1. The fourth-order valence-electron chi connectivity index (χ4n) is 3.90. The Morgan fingerprint density at radius 1 is 1.11 bits per heavy atom. The van der Waals surface area contributed by atoms with Gasteiger partial charge in [-0.15, -0.1) is 0 Å². The number of carbonyl (C=O) groups excluding carboxylic acids is 1. The highest BCUT2D eigenvalue weighted by atomic mass is 32.2. The first-order valence-corrected chi connectivity index (χ1v) is 11.2. The number of carbonyl (C=O) groups is 1. The van der Waals surface area contributed by atoms with E-state index in [0.29, 0.717) is 25.1 Å². The van der Waals surface area contributed by atoms with Crippen LogP contribution in [0.3, 0.4) is 0 Å². The molecule has 1 aromatic rings. The Bertz CT molecular complexity index is 811. The molecular weight excluding hydrogens is 388 g/mol. The lowest BCUT2D eigenvalue weighted by molar-refractivity contribution is -0.123. The average molecular weight is 416 g/mol. The summed E-state index contributed by atoms with van der Waals surface area (Å²) in [6, 6.07) is 2.81. The Hall–Kier alpha value is -1.58. The second-order valence-electron chi connectivity index (χ2n) is 7.69. The Morgan fingerprint density at radius 3 is 2.43 bits per heavy atom. The van der Waals surface area contributed by atoms with Crippen LogP contribution in [0.5, 0.6) is 0 Å². The van der Waals surface area contributed by atoms with Crippen molar-refractivity contribution in [3.05, 3.63) is 29.8 Å². The zero-order chi connectivity index (χ0) is 20.3. The molecule has 28 heavy (non-hydrogen) atoms. The first-order chi connectivity index (χ1) is 13.3. The van der Waals surface area contributed by atoms with Crippen molar-refractivity contribution in [3.8, 4) is 0 Å². The van der Waals surface area contributed by atoms with Crippen molar-refractivity contribution < 1.29 is 22.0 Å². The van der Waals surface area contributed by atoms with E-state index < -0.39 is 21.7 Å². The minimum absolute atomic E-state index is 0.0318. The summed E-state index contributed by atoms with van der Waals surface area (Å²) >= 11 is 0. The highest BCUT2D eigenvalue weighted by Crippen LogP contribution is 2.24. The van der Waals surface area contributed by atoms with Crippen molar-refractivity contribution >= 4 is 15.9 Å². The van der Waals surface area contributed by atoms with Crippen LogP contribution in [0.15, 0.2) is 23.1 Å². The summed E-state index contributed by atoms with van der Waals surface area (Å²) in [7, 11) is -3.88. The smallest absolute Gasteiger partial charge is 0.243 e. The summed E-state index contributed by atoms with van der Waals surface area (Å²) in [5.74, 6) is -1.82. The predicted molar refractivity (Wildman–Crippen MR) is 101 cm³/mol. The third kappa shape index (κ3) is 4.87.